The Hall–Kier alpha value is -1.25. The lowest BCUT2D eigenvalue weighted by Gasteiger charge is -2.10. The normalized spacial score (nSPS) is 15.0. The van der Waals surface area contributed by atoms with Crippen molar-refractivity contribution in [3.63, 3.8) is 0 Å². The van der Waals surface area contributed by atoms with E-state index in [0.717, 1.165) is 30.6 Å². The molecule has 1 aromatic rings. The summed E-state index contributed by atoms with van der Waals surface area (Å²) in [7, 11) is 1.38. The van der Waals surface area contributed by atoms with Crippen LogP contribution in [0.3, 0.4) is 0 Å². The molecule has 0 atom stereocenters. The minimum Gasteiger partial charge on any atom is -0.463 e. The highest BCUT2D eigenvalue weighted by Crippen LogP contribution is 2.30. The summed E-state index contributed by atoms with van der Waals surface area (Å²) in [5.74, 6) is 0.941. The molecule has 0 fully saturated rings. The van der Waals surface area contributed by atoms with Gasteiger partial charge in [-0.15, -0.1) is 0 Å². The molecule has 0 amide bonds. The third kappa shape index (κ3) is 1.33. The van der Waals surface area contributed by atoms with Crippen molar-refractivity contribution in [2.24, 2.45) is 0 Å². The summed E-state index contributed by atoms with van der Waals surface area (Å²) >= 11 is 0. The molecule has 3 nitrogen and oxygen atoms in total. The second kappa shape index (κ2) is 3.48. The Bertz CT molecular complexity index is 363. The Labute approximate surface area is 83.0 Å². The number of esters is 1. The van der Waals surface area contributed by atoms with Gasteiger partial charge in [0.05, 0.1) is 7.11 Å². The topological polar surface area (TPSA) is 39.4 Å². The first-order chi connectivity index (χ1) is 6.74. The molecule has 3 heteroatoms. The van der Waals surface area contributed by atoms with Crippen molar-refractivity contribution >= 4 is 5.97 Å². The van der Waals surface area contributed by atoms with Gasteiger partial charge in [-0.2, -0.15) is 0 Å². The first kappa shape index (κ1) is 9.31. The lowest BCUT2D eigenvalue weighted by atomic mass is 9.92. The van der Waals surface area contributed by atoms with E-state index in [4.69, 9.17) is 4.42 Å². The van der Waals surface area contributed by atoms with Gasteiger partial charge in [0.25, 0.3) is 0 Å². The van der Waals surface area contributed by atoms with E-state index >= 15 is 0 Å². The fourth-order valence-corrected chi connectivity index (χ4v) is 2.08. The number of rotatable bonds is 1. The van der Waals surface area contributed by atoms with Crippen LogP contribution in [0.15, 0.2) is 4.42 Å². The highest BCUT2D eigenvalue weighted by Gasteiger charge is 2.25. The first-order valence-electron chi connectivity index (χ1n) is 4.93. The predicted molar refractivity (Wildman–Crippen MR) is 51.4 cm³/mol. The van der Waals surface area contributed by atoms with E-state index in [1.807, 2.05) is 6.92 Å². The van der Waals surface area contributed by atoms with E-state index in [0.29, 0.717) is 5.76 Å². The van der Waals surface area contributed by atoms with Gasteiger partial charge in [-0.25, -0.2) is 4.79 Å². The molecule has 1 heterocycles. The molecule has 2 rings (SSSR count). The maximum atomic E-state index is 11.4. The summed E-state index contributed by atoms with van der Waals surface area (Å²) in [5, 5.41) is 0. The Morgan fingerprint density at radius 1 is 1.29 bits per heavy atom. The van der Waals surface area contributed by atoms with Gasteiger partial charge in [0.1, 0.15) is 5.76 Å². The molecule has 0 N–H and O–H groups in total. The Balaban J connectivity index is 2.46. The van der Waals surface area contributed by atoms with Crippen LogP contribution < -0.4 is 0 Å². The molecule has 14 heavy (non-hydrogen) atoms. The molecule has 0 aliphatic heterocycles. The fraction of sp³-hybridized carbons (Fsp3) is 0.545. The summed E-state index contributed by atoms with van der Waals surface area (Å²) in [4.78, 5) is 11.4. The number of carbonyl (C=O) groups is 1. The number of aryl methyl sites for hydroxylation is 1. The Kier molecular flexibility index (Phi) is 2.32. The Morgan fingerprint density at radius 2 is 1.93 bits per heavy atom. The summed E-state index contributed by atoms with van der Waals surface area (Å²) in [6.45, 7) is 1.91. The lowest BCUT2D eigenvalue weighted by molar-refractivity contribution is 0.0562. The van der Waals surface area contributed by atoms with Crippen LogP contribution in [0.2, 0.25) is 0 Å². The quantitative estimate of drug-likeness (QED) is 0.644. The van der Waals surface area contributed by atoms with Gasteiger partial charge in [0.15, 0.2) is 0 Å². The monoisotopic (exact) mass is 194 g/mol. The molecule has 1 aliphatic rings. The van der Waals surface area contributed by atoms with Gasteiger partial charge in [-0.1, -0.05) is 0 Å². The molecule has 0 bridgehead atoms. The number of carbonyl (C=O) groups excluding carboxylic acids is 1. The highest BCUT2D eigenvalue weighted by molar-refractivity contribution is 5.88. The molecule has 1 aromatic heterocycles. The zero-order valence-corrected chi connectivity index (χ0v) is 8.55. The SMILES string of the molecule is COC(=O)c1oc(C)c2c1CCCC2. The van der Waals surface area contributed by atoms with E-state index in [1.165, 1.54) is 19.1 Å². The van der Waals surface area contributed by atoms with Crippen LogP contribution >= 0.6 is 0 Å². The molecule has 0 saturated carbocycles. The maximum absolute atomic E-state index is 11.4. The van der Waals surface area contributed by atoms with E-state index < -0.39 is 0 Å². The van der Waals surface area contributed by atoms with E-state index in [-0.39, 0.29) is 5.97 Å². The molecule has 0 aromatic carbocycles. The molecule has 0 saturated heterocycles. The summed E-state index contributed by atoms with van der Waals surface area (Å²) in [5.41, 5.74) is 2.29. The van der Waals surface area contributed by atoms with Crippen LogP contribution in [0.25, 0.3) is 0 Å². The number of fused-ring (bicyclic) bond motifs is 1. The second-order valence-electron chi connectivity index (χ2n) is 3.64. The number of hydrogen-bond acceptors (Lipinski definition) is 3. The molecular weight excluding hydrogens is 180 g/mol. The van der Waals surface area contributed by atoms with Crippen molar-refractivity contribution in [3.05, 3.63) is 22.6 Å². The fourth-order valence-electron chi connectivity index (χ4n) is 2.08. The third-order valence-electron chi connectivity index (χ3n) is 2.79. The lowest BCUT2D eigenvalue weighted by Crippen LogP contribution is -2.07. The number of methoxy groups -OCH3 is 1. The summed E-state index contributed by atoms with van der Waals surface area (Å²) < 4.78 is 10.1. The smallest absolute Gasteiger partial charge is 0.374 e. The average Bonchev–Trinajstić information content (AvgIpc) is 2.56. The zero-order chi connectivity index (χ0) is 10.1. The summed E-state index contributed by atoms with van der Waals surface area (Å²) in [6.07, 6.45) is 4.29. The van der Waals surface area contributed by atoms with Gasteiger partial charge in [-0.05, 0) is 38.2 Å². The first-order valence-corrected chi connectivity index (χ1v) is 4.93. The van der Waals surface area contributed by atoms with Crippen molar-refractivity contribution in [1.82, 2.24) is 0 Å². The Morgan fingerprint density at radius 3 is 2.57 bits per heavy atom. The van der Waals surface area contributed by atoms with Crippen LogP contribution in [0, 0.1) is 6.92 Å². The zero-order valence-electron chi connectivity index (χ0n) is 8.55. The number of hydrogen-bond donors (Lipinski definition) is 0. The molecule has 0 spiro atoms. The van der Waals surface area contributed by atoms with Crippen molar-refractivity contribution in [1.29, 1.82) is 0 Å². The van der Waals surface area contributed by atoms with E-state index in [9.17, 15) is 4.79 Å². The average molecular weight is 194 g/mol. The molecule has 1 aliphatic carbocycles. The molecular formula is C11H14O3. The second-order valence-corrected chi connectivity index (χ2v) is 3.64. The summed E-state index contributed by atoms with van der Waals surface area (Å²) in [6, 6.07) is 0. The molecule has 76 valence electrons. The maximum Gasteiger partial charge on any atom is 0.374 e. The van der Waals surface area contributed by atoms with Crippen LogP contribution in [0.4, 0.5) is 0 Å². The van der Waals surface area contributed by atoms with Crippen LogP contribution in [0.1, 0.15) is 40.3 Å². The van der Waals surface area contributed by atoms with Crippen LogP contribution in [0.5, 0.6) is 0 Å². The predicted octanol–water partition coefficient (Wildman–Crippen LogP) is 2.25. The van der Waals surface area contributed by atoms with Gasteiger partial charge in [-0.3, -0.25) is 0 Å². The minimum absolute atomic E-state index is 0.351. The number of furan rings is 1. The van der Waals surface area contributed by atoms with Crippen LogP contribution in [-0.4, -0.2) is 13.1 Å². The largest absolute Gasteiger partial charge is 0.463 e. The van der Waals surface area contributed by atoms with E-state index in [1.54, 1.807) is 0 Å². The van der Waals surface area contributed by atoms with Crippen molar-refractivity contribution in [2.45, 2.75) is 32.6 Å². The van der Waals surface area contributed by atoms with Gasteiger partial charge >= 0.3 is 5.97 Å². The molecule has 0 unspecified atom stereocenters. The molecule has 0 radical (unpaired) electrons. The third-order valence-corrected chi connectivity index (χ3v) is 2.79. The minimum atomic E-state index is -0.351. The van der Waals surface area contributed by atoms with Crippen molar-refractivity contribution in [3.8, 4) is 0 Å². The standard InChI is InChI=1S/C11H14O3/c1-7-8-5-3-4-6-9(8)10(14-7)11(12)13-2/h3-6H2,1-2H3. The van der Waals surface area contributed by atoms with Gasteiger partial charge in [0.2, 0.25) is 5.76 Å². The van der Waals surface area contributed by atoms with Crippen LogP contribution in [-0.2, 0) is 17.6 Å². The van der Waals surface area contributed by atoms with Crippen molar-refractivity contribution in [2.75, 3.05) is 7.11 Å². The van der Waals surface area contributed by atoms with Crippen molar-refractivity contribution < 1.29 is 13.9 Å². The number of ether oxygens (including phenoxy) is 1. The van der Waals surface area contributed by atoms with Gasteiger partial charge in [0, 0.05) is 5.56 Å². The highest BCUT2D eigenvalue weighted by atomic mass is 16.5. The van der Waals surface area contributed by atoms with E-state index in [2.05, 4.69) is 4.74 Å². The van der Waals surface area contributed by atoms with Gasteiger partial charge < -0.3 is 9.15 Å².